The molecule has 110 valence electrons. The van der Waals surface area contributed by atoms with Gasteiger partial charge in [-0.25, -0.2) is 0 Å². The van der Waals surface area contributed by atoms with Crippen molar-refractivity contribution in [2.45, 2.75) is 25.8 Å². The summed E-state index contributed by atoms with van der Waals surface area (Å²) in [5, 5.41) is 2.99. The van der Waals surface area contributed by atoms with Gasteiger partial charge in [0.05, 0.1) is 19.6 Å². The van der Waals surface area contributed by atoms with Gasteiger partial charge in [-0.15, -0.1) is 0 Å². The molecule has 1 atom stereocenters. The minimum atomic E-state index is -0.253. The number of nitrogens with one attached hydrogen (secondary N) is 1. The van der Waals surface area contributed by atoms with Gasteiger partial charge in [-0.05, 0) is 19.9 Å². The molecular weight excluding hydrogens is 248 g/mol. The first kappa shape index (κ1) is 15.9. The van der Waals surface area contributed by atoms with E-state index in [4.69, 9.17) is 4.74 Å². The maximum atomic E-state index is 11.8. The monoisotopic (exact) mass is 272 g/mol. The fraction of sp³-hybridized carbons (Fsp3) is 0.846. The maximum Gasteiger partial charge on any atom is 0.309 e. The number of rotatable bonds is 6. The molecule has 0 aliphatic carbocycles. The number of amides is 1. The van der Waals surface area contributed by atoms with Crippen molar-refractivity contribution < 1.29 is 19.1 Å². The molecule has 0 radical (unpaired) electrons. The van der Waals surface area contributed by atoms with Gasteiger partial charge in [0.15, 0.2) is 0 Å². The van der Waals surface area contributed by atoms with Crippen molar-refractivity contribution in [3.05, 3.63) is 0 Å². The summed E-state index contributed by atoms with van der Waals surface area (Å²) in [5.41, 5.74) is 0. The Kier molecular flexibility index (Phi) is 6.80. The molecule has 0 bridgehead atoms. The number of ether oxygens (including phenoxy) is 2. The number of carbonyl (C=O) groups excluding carboxylic acids is 2. The van der Waals surface area contributed by atoms with E-state index < -0.39 is 0 Å². The fourth-order valence-electron chi connectivity index (χ4n) is 2.17. The molecule has 1 amide bonds. The van der Waals surface area contributed by atoms with Crippen LogP contribution in [0.2, 0.25) is 0 Å². The predicted octanol–water partition coefficient (Wildman–Crippen LogP) is 0.0225. The van der Waals surface area contributed by atoms with E-state index in [2.05, 4.69) is 10.1 Å². The smallest absolute Gasteiger partial charge is 0.309 e. The molecule has 6 heteroatoms. The molecule has 0 aromatic rings. The van der Waals surface area contributed by atoms with E-state index in [9.17, 15) is 9.59 Å². The second-order valence-electron chi connectivity index (χ2n) is 5.08. The van der Waals surface area contributed by atoms with Crippen LogP contribution in [0.5, 0.6) is 0 Å². The highest BCUT2D eigenvalue weighted by molar-refractivity contribution is 5.78. The van der Waals surface area contributed by atoms with E-state index in [0.29, 0.717) is 26.3 Å². The number of likely N-dealkylation sites (N-methyl/N-ethyl adjacent to an activating group) is 1. The van der Waals surface area contributed by atoms with E-state index in [0.717, 1.165) is 12.8 Å². The molecule has 1 fully saturated rings. The SMILES string of the molecule is COC(=O)C(C)CN(C)CC(=O)NC1CCOCC1. The fourth-order valence-corrected chi connectivity index (χ4v) is 2.17. The molecule has 1 aliphatic rings. The molecule has 0 saturated carbocycles. The Morgan fingerprint density at radius 2 is 2.05 bits per heavy atom. The van der Waals surface area contributed by atoms with Crippen LogP contribution in [0.4, 0.5) is 0 Å². The second-order valence-corrected chi connectivity index (χ2v) is 5.08. The highest BCUT2D eigenvalue weighted by Gasteiger charge is 2.19. The number of nitrogens with zero attached hydrogens (tertiary/aromatic N) is 1. The molecule has 1 rings (SSSR count). The van der Waals surface area contributed by atoms with Crippen molar-refractivity contribution in [2.24, 2.45) is 5.92 Å². The zero-order valence-corrected chi connectivity index (χ0v) is 12.0. The molecule has 1 saturated heterocycles. The van der Waals surface area contributed by atoms with Crippen molar-refractivity contribution in [1.29, 1.82) is 0 Å². The van der Waals surface area contributed by atoms with Gasteiger partial charge in [-0.2, -0.15) is 0 Å². The van der Waals surface area contributed by atoms with Gasteiger partial charge in [0.1, 0.15) is 0 Å². The number of hydrogen-bond donors (Lipinski definition) is 1. The van der Waals surface area contributed by atoms with E-state index in [1.807, 2.05) is 11.9 Å². The van der Waals surface area contributed by atoms with Gasteiger partial charge in [-0.3, -0.25) is 14.5 Å². The van der Waals surface area contributed by atoms with Crippen LogP contribution in [0.25, 0.3) is 0 Å². The third-order valence-electron chi connectivity index (χ3n) is 3.19. The summed E-state index contributed by atoms with van der Waals surface area (Å²) in [6.45, 7) is 4.01. The predicted molar refractivity (Wildman–Crippen MR) is 70.7 cm³/mol. The normalized spacial score (nSPS) is 18.1. The minimum Gasteiger partial charge on any atom is -0.469 e. The Balaban J connectivity index is 2.25. The summed E-state index contributed by atoms with van der Waals surface area (Å²) >= 11 is 0. The highest BCUT2D eigenvalue weighted by atomic mass is 16.5. The lowest BCUT2D eigenvalue weighted by Gasteiger charge is -2.25. The van der Waals surface area contributed by atoms with Gasteiger partial charge in [0, 0.05) is 25.8 Å². The molecule has 0 spiro atoms. The molecule has 1 aliphatic heterocycles. The Bertz CT molecular complexity index is 303. The molecule has 0 aromatic carbocycles. The summed E-state index contributed by atoms with van der Waals surface area (Å²) in [7, 11) is 3.19. The lowest BCUT2D eigenvalue weighted by molar-refractivity contribution is -0.145. The van der Waals surface area contributed by atoms with Crippen LogP contribution in [0.3, 0.4) is 0 Å². The third-order valence-corrected chi connectivity index (χ3v) is 3.19. The summed E-state index contributed by atoms with van der Waals surface area (Å²) in [6, 6.07) is 0.215. The average Bonchev–Trinajstić information content (AvgIpc) is 2.38. The standard InChI is InChI=1S/C13H24N2O4/c1-10(13(17)18-3)8-15(2)9-12(16)14-11-4-6-19-7-5-11/h10-11H,4-9H2,1-3H3,(H,14,16). The summed E-state index contributed by atoms with van der Waals surface area (Å²) in [6.07, 6.45) is 1.74. The Labute approximate surface area is 114 Å². The zero-order valence-electron chi connectivity index (χ0n) is 12.0. The molecule has 1 N–H and O–H groups in total. The quantitative estimate of drug-likeness (QED) is 0.691. The zero-order chi connectivity index (χ0) is 14.3. The topological polar surface area (TPSA) is 67.9 Å². The third kappa shape index (κ3) is 6.02. The van der Waals surface area contributed by atoms with Crippen molar-refractivity contribution in [3.63, 3.8) is 0 Å². The number of carbonyl (C=O) groups is 2. The van der Waals surface area contributed by atoms with Gasteiger partial charge >= 0.3 is 5.97 Å². The average molecular weight is 272 g/mol. The molecule has 19 heavy (non-hydrogen) atoms. The van der Waals surface area contributed by atoms with E-state index in [1.54, 1.807) is 6.92 Å². The van der Waals surface area contributed by atoms with E-state index in [-0.39, 0.29) is 23.8 Å². The Hall–Kier alpha value is -1.14. The van der Waals surface area contributed by atoms with Crippen LogP contribution in [-0.4, -0.2) is 63.3 Å². The molecule has 0 aromatic heterocycles. The van der Waals surface area contributed by atoms with E-state index in [1.165, 1.54) is 7.11 Å². The van der Waals surface area contributed by atoms with Crippen molar-refractivity contribution >= 4 is 11.9 Å². The van der Waals surface area contributed by atoms with Crippen LogP contribution >= 0.6 is 0 Å². The van der Waals surface area contributed by atoms with Gasteiger partial charge in [0.2, 0.25) is 5.91 Å². The van der Waals surface area contributed by atoms with Gasteiger partial charge in [-0.1, -0.05) is 6.92 Å². The second kappa shape index (κ2) is 8.12. The first-order chi connectivity index (χ1) is 9.02. The van der Waals surface area contributed by atoms with Crippen molar-refractivity contribution in [2.75, 3.05) is 40.5 Å². The van der Waals surface area contributed by atoms with Gasteiger partial charge in [0.25, 0.3) is 0 Å². The molecular formula is C13H24N2O4. The van der Waals surface area contributed by atoms with Crippen LogP contribution < -0.4 is 5.32 Å². The van der Waals surface area contributed by atoms with Gasteiger partial charge < -0.3 is 14.8 Å². The lowest BCUT2D eigenvalue weighted by atomic mass is 10.1. The maximum absolute atomic E-state index is 11.8. The van der Waals surface area contributed by atoms with Crippen LogP contribution in [0.1, 0.15) is 19.8 Å². The van der Waals surface area contributed by atoms with Crippen molar-refractivity contribution in [3.8, 4) is 0 Å². The van der Waals surface area contributed by atoms with Crippen LogP contribution in [0.15, 0.2) is 0 Å². The summed E-state index contributed by atoms with van der Waals surface area (Å²) in [5.74, 6) is -0.492. The first-order valence-electron chi connectivity index (χ1n) is 6.66. The molecule has 1 heterocycles. The molecule has 6 nitrogen and oxygen atoms in total. The first-order valence-corrected chi connectivity index (χ1v) is 6.66. The summed E-state index contributed by atoms with van der Waals surface area (Å²) < 4.78 is 9.90. The Morgan fingerprint density at radius 3 is 2.63 bits per heavy atom. The summed E-state index contributed by atoms with van der Waals surface area (Å²) in [4.78, 5) is 24.9. The number of esters is 1. The number of hydrogen-bond acceptors (Lipinski definition) is 5. The largest absolute Gasteiger partial charge is 0.469 e. The lowest BCUT2D eigenvalue weighted by Crippen LogP contribution is -2.44. The van der Waals surface area contributed by atoms with Crippen LogP contribution in [-0.2, 0) is 19.1 Å². The minimum absolute atomic E-state index is 0.00790. The molecule has 1 unspecified atom stereocenters. The highest BCUT2D eigenvalue weighted by Crippen LogP contribution is 2.06. The number of methoxy groups -OCH3 is 1. The van der Waals surface area contributed by atoms with Crippen LogP contribution in [0, 0.1) is 5.92 Å². The van der Waals surface area contributed by atoms with Crippen molar-refractivity contribution in [1.82, 2.24) is 10.2 Å². The van der Waals surface area contributed by atoms with E-state index >= 15 is 0 Å². The Morgan fingerprint density at radius 1 is 1.42 bits per heavy atom.